The molecule has 1 atom stereocenters. The van der Waals surface area contributed by atoms with Crippen LogP contribution in [0.15, 0.2) is 18.2 Å². The quantitative estimate of drug-likeness (QED) is 0.861. The van der Waals surface area contributed by atoms with E-state index in [-0.39, 0.29) is 12.5 Å². The third-order valence-electron chi connectivity index (χ3n) is 4.32. The summed E-state index contributed by atoms with van der Waals surface area (Å²) < 4.78 is 26.4. The third kappa shape index (κ3) is 4.50. The molecule has 0 aliphatic carbocycles. The zero-order valence-electron chi connectivity index (χ0n) is 13.8. The molecule has 0 saturated carbocycles. The Hall–Kier alpha value is -2.02. The molecule has 1 saturated heterocycles. The van der Waals surface area contributed by atoms with Crippen LogP contribution < -0.4 is 5.32 Å². The van der Waals surface area contributed by atoms with Crippen LogP contribution in [0.25, 0.3) is 0 Å². The Balaban J connectivity index is 1.97. The van der Waals surface area contributed by atoms with Gasteiger partial charge in [0.1, 0.15) is 0 Å². The summed E-state index contributed by atoms with van der Waals surface area (Å²) in [7, 11) is 0. The number of nitrogens with zero attached hydrogens (tertiary/aromatic N) is 1. The number of nitrogens with one attached hydrogen (secondary N) is 1. The van der Waals surface area contributed by atoms with Crippen LogP contribution in [0, 0.1) is 17.6 Å². The van der Waals surface area contributed by atoms with Gasteiger partial charge in [0.15, 0.2) is 11.6 Å². The summed E-state index contributed by atoms with van der Waals surface area (Å²) in [5.74, 6) is -3.48. The van der Waals surface area contributed by atoms with Gasteiger partial charge in [-0.15, -0.1) is 0 Å². The van der Waals surface area contributed by atoms with Gasteiger partial charge in [-0.1, -0.05) is 6.07 Å². The van der Waals surface area contributed by atoms with Crippen molar-refractivity contribution in [2.24, 2.45) is 5.92 Å². The Morgan fingerprint density at radius 2 is 2.04 bits per heavy atom. The predicted octanol–water partition coefficient (Wildman–Crippen LogP) is 2.11. The maximum atomic E-state index is 13.4. The second-order valence-corrected chi connectivity index (χ2v) is 6.71. The van der Waals surface area contributed by atoms with Crippen LogP contribution >= 0.6 is 0 Å². The highest BCUT2D eigenvalue weighted by Gasteiger charge is 2.29. The lowest BCUT2D eigenvalue weighted by molar-refractivity contribution is -0.144. The maximum Gasteiger partial charge on any atom is 0.307 e. The molecule has 1 amide bonds. The zero-order chi connectivity index (χ0) is 17.9. The smallest absolute Gasteiger partial charge is 0.307 e. The molecule has 1 heterocycles. The predicted molar refractivity (Wildman–Crippen MR) is 84.3 cm³/mol. The van der Waals surface area contributed by atoms with E-state index >= 15 is 0 Å². The fraction of sp³-hybridized carbons (Fsp3) is 0.529. The van der Waals surface area contributed by atoms with Gasteiger partial charge >= 0.3 is 5.97 Å². The van der Waals surface area contributed by atoms with E-state index in [2.05, 4.69) is 5.32 Å². The Morgan fingerprint density at radius 3 is 2.67 bits per heavy atom. The third-order valence-corrected chi connectivity index (χ3v) is 4.32. The van der Waals surface area contributed by atoms with Crippen LogP contribution in [-0.4, -0.2) is 41.5 Å². The summed E-state index contributed by atoms with van der Waals surface area (Å²) in [6.07, 6.45) is 1.35. The van der Waals surface area contributed by atoms with Gasteiger partial charge in [-0.3, -0.25) is 14.5 Å². The molecule has 1 aliphatic heterocycles. The summed E-state index contributed by atoms with van der Waals surface area (Å²) in [5, 5.41) is 11.9. The monoisotopic (exact) mass is 340 g/mol. The maximum absolute atomic E-state index is 13.4. The highest BCUT2D eigenvalue weighted by Crippen LogP contribution is 2.22. The Morgan fingerprint density at radius 1 is 1.33 bits per heavy atom. The van der Waals surface area contributed by atoms with Crippen molar-refractivity contribution in [1.82, 2.24) is 10.2 Å². The molecule has 1 unspecified atom stereocenters. The number of aliphatic carboxylic acids is 1. The van der Waals surface area contributed by atoms with Crippen molar-refractivity contribution in [2.45, 2.75) is 32.2 Å². The van der Waals surface area contributed by atoms with Crippen molar-refractivity contribution in [3.05, 3.63) is 35.4 Å². The lowest BCUT2D eigenvalue weighted by Crippen LogP contribution is -2.48. The second kappa shape index (κ2) is 7.25. The minimum Gasteiger partial charge on any atom is -0.481 e. The molecule has 7 heteroatoms. The number of carbonyl (C=O) groups excluding carboxylic acids is 1. The molecule has 1 fully saturated rings. The number of hydrogen-bond donors (Lipinski definition) is 2. The number of piperidine rings is 1. The van der Waals surface area contributed by atoms with Gasteiger partial charge in [0, 0.05) is 6.54 Å². The molecule has 0 aromatic heterocycles. The molecule has 1 aromatic rings. The molecule has 1 aliphatic rings. The molecule has 2 N–H and O–H groups in total. The number of amides is 1. The minimum atomic E-state index is -0.963. The molecule has 24 heavy (non-hydrogen) atoms. The Labute approximate surface area is 139 Å². The minimum absolute atomic E-state index is 0.0802. The number of carboxylic acid groups (broad SMARTS) is 1. The van der Waals surface area contributed by atoms with E-state index in [4.69, 9.17) is 5.11 Å². The summed E-state index contributed by atoms with van der Waals surface area (Å²) in [6, 6.07) is 3.53. The molecular weight excluding hydrogens is 318 g/mol. The Bertz CT molecular complexity index is 634. The summed E-state index contributed by atoms with van der Waals surface area (Å²) in [4.78, 5) is 25.1. The summed E-state index contributed by atoms with van der Waals surface area (Å²) >= 11 is 0. The number of rotatable bonds is 5. The van der Waals surface area contributed by atoms with Crippen LogP contribution in [0.5, 0.6) is 0 Å². The van der Waals surface area contributed by atoms with Crippen LogP contribution in [0.1, 0.15) is 32.3 Å². The highest BCUT2D eigenvalue weighted by atomic mass is 19.2. The molecule has 132 valence electrons. The highest BCUT2D eigenvalue weighted by molar-refractivity contribution is 5.79. The molecule has 0 spiro atoms. The number of benzene rings is 1. The number of hydrogen-bond acceptors (Lipinski definition) is 3. The van der Waals surface area contributed by atoms with Crippen molar-refractivity contribution in [1.29, 1.82) is 0 Å². The van der Waals surface area contributed by atoms with Gasteiger partial charge in [0.2, 0.25) is 5.91 Å². The van der Waals surface area contributed by atoms with E-state index in [1.54, 1.807) is 18.7 Å². The van der Waals surface area contributed by atoms with E-state index in [0.717, 1.165) is 18.6 Å². The van der Waals surface area contributed by atoms with Gasteiger partial charge in [-0.25, -0.2) is 8.78 Å². The second-order valence-electron chi connectivity index (χ2n) is 6.71. The van der Waals surface area contributed by atoms with Crippen LogP contribution in [0.4, 0.5) is 8.78 Å². The van der Waals surface area contributed by atoms with Crippen molar-refractivity contribution in [3.8, 4) is 0 Å². The molecule has 0 bridgehead atoms. The SMILES string of the molecule is CC(C)(NC(=O)CN1CCCC(C(=O)O)C1)c1ccc(F)c(F)c1. The fourth-order valence-electron chi connectivity index (χ4n) is 2.95. The van der Waals surface area contributed by atoms with Gasteiger partial charge in [-0.2, -0.15) is 0 Å². The van der Waals surface area contributed by atoms with E-state index in [0.29, 0.717) is 25.1 Å². The van der Waals surface area contributed by atoms with Gasteiger partial charge in [0.05, 0.1) is 18.0 Å². The lowest BCUT2D eigenvalue weighted by Gasteiger charge is -2.32. The van der Waals surface area contributed by atoms with E-state index in [1.807, 2.05) is 0 Å². The zero-order valence-corrected chi connectivity index (χ0v) is 13.8. The van der Waals surface area contributed by atoms with Crippen molar-refractivity contribution < 1.29 is 23.5 Å². The number of carboxylic acids is 1. The van der Waals surface area contributed by atoms with Gasteiger partial charge in [0.25, 0.3) is 0 Å². The van der Waals surface area contributed by atoms with E-state index in [9.17, 15) is 18.4 Å². The van der Waals surface area contributed by atoms with Crippen LogP contribution in [0.3, 0.4) is 0 Å². The lowest BCUT2D eigenvalue weighted by atomic mass is 9.94. The first kappa shape index (κ1) is 18.3. The topological polar surface area (TPSA) is 69.6 Å². The van der Waals surface area contributed by atoms with Gasteiger partial charge in [-0.05, 0) is 50.9 Å². The normalized spacial score (nSPS) is 19.1. The van der Waals surface area contributed by atoms with E-state index < -0.39 is 29.1 Å². The average molecular weight is 340 g/mol. The van der Waals surface area contributed by atoms with Crippen molar-refractivity contribution in [2.75, 3.05) is 19.6 Å². The van der Waals surface area contributed by atoms with Crippen molar-refractivity contribution >= 4 is 11.9 Å². The Kier molecular flexibility index (Phi) is 5.54. The van der Waals surface area contributed by atoms with Crippen molar-refractivity contribution in [3.63, 3.8) is 0 Å². The first-order valence-electron chi connectivity index (χ1n) is 7.91. The summed E-state index contributed by atoms with van der Waals surface area (Å²) in [5.41, 5.74) is -0.412. The first-order valence-corrected chi connectivity index (χ1v) is 7.91. The molecule has 5 nitrogen and oxygen atoms in total. The van der Waals surface area contributed by atoms with Crippen LogP contribution in [-0.2, 0) is 15.1 Å². The number of halogens is 2. The molecule has 2 rings (SSSR count). The molecule has 0 radical (unpaired) electrons. The molecular formula is C17H22F2N2O3. The first-order chi connectivity index (χ1) is 11.2. The summed E-state index contributed by atoms with van der Waals surface area (Å²) in [6.45, 7) is 4.50. The largest absolute Gasteiger partial charge is 0.481 e. The van der Waals surface area contributed by atoms with Gasteiger partial charge < -0.3 is 10.4 Å². The standard InChI is InChI=1S/C17H22F2N2O3/c1-17(2,12-5-6-13(18)14(19)8-12)20-15(22)10-21-7-3-4-11(9-21)16(23)24/h5-6,8,11H,3-4,7,9-10H2,1-2H3,(H,20,22)(H,23,24). The number of likely N-dealkylation sites (tertiary alicyclic amines) is 1. The molecule has 1 aromatic carbocycles. The van der Waals surface area contributed by atoms with Crippen LogP contribution in [0.2, 0.25) is 0 Å². The van der Waals surface area contributed by atoms with E-state index in [1.165, 1.54) is 6.07 Å². The number of carbonyl (C=O) groups is 2. The average Bonchev–Trinajstić information content (AvgIpc) is 2.49. The fourth-order valence-corrected chi connectivity index (χ4v) is 2.95.